The van der Waals surface area contributed by atoms with E-state index in [9.17, 15) is 0 Å². The summed E-state index contributed by atoms with van der Waals surface area (Å²) in [6.07, 6.45) is 3.60. The van der Waals surface area contributed by atoms with Crippen molar-refractivity contribution in [2.75, 3.05) is 11.9 Å². The molecule has 1 N–H and O–H groups in total. The van der Waals surface area contributed by atoms with E-state index in [4.69, 9.17) is 9.97 Å². The minimum absolute atomic E-state index is 0.629. The van der Waals surface area contributed by atoms with Crippen molar-refractivity contribution in [2.45, 2.75) is 39.0 Å². The van der Waals surface area contributed by atoms with E-state index in [2.05, 4.69) is 59.4 Å². The average molecular weight is 346 g/mol. The van der Waals surface area contributed by atoms with E-state index >= 15 is 0 Å². The molecular weight excluding hydrogens is 326 g/mol. The summed E-state index contributed by atoms with van der Waals surface area (Å²) in [4.78, 5) is 9.50. The van der Waals surface area contributed by atoms with Crippen molar-refractivity contribution in [3.8, 4) is 11.4 Å². The normalized spacial score (nSPS) is 14.2. The third-order valence-corrected chi connectivity index (χ3v) is 4.22. The number of rotatable bonds is 5. The number of hydrogen-bond acceptors (Lipinski definition) is 3. The van der Waals surface area contributed by atoms with Crippen LogP contribution in [-0.4, -0.2) is 16.5 Å². The minimum atomic E-state index is 0.629. The lowest BCUT2D eigenvalue weighted by Gasteiger charge is -2.11. The van der Waals surface area contributed by atoms with E-state index in [0.717, 1.165) is 34.6 Å². The molecule has 1 heterocycles. The van der Waals surface area contributed by atoms with Crippen molar-refractivity contribution in [1.29, 1.82) is 0 Å². The fourth-order valence-corrected chi connectivity index (χ4v) is 2.87. The lowest BCUT2D eigenvalue weighted by Crippen LogP contribution is -2.05. The molecular formula is C17H20BrN3. The van der Waals surface area contributed by atoms with Gasteiger partial charge in [-0.2, -0.15) is 0 Å². The highest BCUT2D eigenvalue weighted by Crippen LogP contribution is 2.40. The zero-order valence-electron chi connectivity index (χ0n) is 12.5. The Kier molecular flexibility index (Phi) is 4.24. The Bertz CT molecular complexity index is 650. The summed E-state index contributed by atoms with van der Waals surface area (Å²) in [5.74, 6) is 2.42. The molecule has 1 fully saturated rings. The molecule has 3 nitrogen and oxygen atoms in total. The highest BCUT2D eigenvalue weighted by atomic mass is 79.9. The largest absolute Gasteiger partial charge is 0.370 e. The molecule has 4 heteroatoms. The molecule has 0 amide bonds. The Morgan fingerprint density at radius 1 is 1.24 bits per heavy atom. The monoisotopic (exact) mass is 345 g/mol. The van der Waals surface area contributed by atoms with E-state index < -0.39 is 0 Å². The summed E-state index contributed by atoms with van der Waals surface area (Å²) in [6, 6.07) is 8.37. The highest BCUT2D eigenvalue weighted by molar-refractivity contribution is 9.10. The summed E-state index contributed by atoms with van der Waals surface area (Å²) >= 11 is 3.51. The van der Waals surface area contributed by atoms with E-state index in [1.165, 1.54) is 24.1 Å². The fourth-order valence-electron chi connectivity index (χ4n) is 2.40. The molecule has 1 saturated carbocycles. The molecule has 0 radical (unpaired) electrons. The van der Waals surface area contributed by atoms with Crippen molar-refractivity contribution in [3.05, 3.63) is 40.0 Å². The molecule has 0 aliphatic heterocycles. The first-order chi connectivity index (χ1) is 10.2. The van der Waals surface area contributed by atoms with Gasteiger partial charge in [-0.3, -0.25) is 0 Å². The standard InChI is InChI=1S/C17H20BrN3/c1-3-8-19-16-10-15(12-4-5-12)20-17(21-16)14-7-6-13(18)9-11(14)2/h6-7,9-10,12H,3-5,8H2,1-2H3,(H,19,20,21). The predicted octanol–water partition coefficient (Wildman–Crippen LogP) is 4.91. The zero-order chi connectivity index (χ0) is 14.8. The van der Waals surface area contributed by atoms with Gasteiger partial charge in [-0.05, 0) is 49.9 Å². The van der Waals surface area contributed by atoms with Crippen LogP contribution in [0.25, 0.3) is 11.4 Å². The number of aryl methyl sites for hydroxylation is 1. The third-order valence-electron chi connectivity index (χ3n) is 3.73. The second-order valence-electron chi connectivity index (χ2n) is 5.66. The van der Waals surface area contributed by atoms with Crippen molar-refractivity contribution >= 4 is 21.7 Å². The Hall–Kier alpha value is -1.42. The van der Waals surface area contributed by atoms with Crippen molar-refractivity contribution in [1.82, 2.24) is 9.97 Å². The molecule has 2 aromatic rings. The first-order valence-corrected chi connectivity index (χ1v) is 8.36. The van der Waals surface area contributed by atoms with Gasteiger partial charge in [-0.25, -0.2) is 9.97 Å². The van der Waals surface area contributed by atoms with Crippen LogP contribution in [0.2, 0.25) is 0 Å². The predicted molar refractivity (Wildman–Crippen MR) is 90.7 cm³/mol. The summed E-state index contributed by atoms with van der Waals surface area (Å²) in [6.45, 7) is 5.21. The van der Waals surface area contributed by atoms with Crippen LogP contribution < -0.4 is 5.32 Å². The quantitative estimate of drug-likeness (QED) is 0.836. The minimum Gasteiger partial charge on any atom is -0.370 e. The lowest BCUT2D eigenvalue weighted by molar-refractivity contribution is 0.947. The number of hydrogen-bond donors (Lipinski definition) is 1. The van der Waals surface area contributed by atoms with Crippen LogP contribution in [0.5, 0.6) is 0 Å². The maximum Gasteiger partial charge on any atom is 0.162 e. The Labute approximate surface area is 134 Å². The van der Waals surface area contributed by atoms with Crippen LogP contribution in [0.1, 0.15) is 43.4 Å². The first-order valence-electron chi connectivity index (χ1n) is 7.56. The van der Waals surface area contributed by atoms with Gasteiger partial charge in [-0.1, -0.05) is 22.9 Å². The Morgan fingerprint density at radius 2 is 2.05 bits per heavy atom. The molecule has 1 aromatic heterocycles. The number of nitrogens with one attached hydrogen (secondary N) is 1. The lowest BCUT2D eigenvalue weighted by atomic mass is 10.1. The van der Waals surface area contributed by atoms with Gasteiger partial charge in [0.25, 0.3) is 0 Å². The second kappa shape index (κ2) is 6.14. The van der Waals surface area contributed by atoms with E-state index in [-0.39, 0.29) is 0 Å². The Morgan fingerprint density at radius 3 is 2.71 bits per heavy atom. The van der Waals surface area contributed by atoms with Crippen LogP contribution in [0.4, 0.5) is 5.82 Å². The molecule has 21 heavy (non-hydrogen) atoms. The van der Waals surface area contributed by atoms with Gasteiger partial charge in [-0.15, -0.1) is 0 Å². The molecule has 0 atom stereocenters. The fraction of sp³-hybridized carbons (Fsp3) is 0.412. The molecule has 1 aliphatic carbocycles. The van der Waals surface area contributed by atoms with Gasteiger partial charge < -0.3 is 5.32 Å². The van der Waals surface area contributed by atoms with Crippen molar-refractivity contribution in [3.63, 3.8) is 0 Å². The number of benzene rings is 1. The number of halogens is 1. The highest BCUT2D eigenvalue weighted by Gasteiger charge is 2.26. The molecule has 0 bridgehead atoms. The zero-order valence-corrected chi connectivity index (χ0v) is 14.1. The van der Waals surface area contributed by atoms with Crippen molar-refractivity contribution in [2.24, 2.45) is 0 Å². The number of aromatic nitrogens is 2. The second-order valence-corrected chi connectivity index (χ2v) is 6.58. The van der Waals surface area contributed by atoms with Crippen LogP contribution in [0.3, 0.4) is 0 Å². The van der Waals surface area contributed by atoms with Gasteiger partial charge in [0, 0.05) is 34.3 Å². The van der Waals surface area contributed by atoms with Gasteiger partial charge in [0.2, 0.25) is 0 Å². The SMILES string of the molecule is CCCNc1cc(C2CC2)nc(-c2ccc(Br)cc2C)n1. The average Bonchev–Trinajstić information content (AvgIpc) is 3.29. The van der Waals surface area contributed by atoms with Crippen molar-refractivity contribution < 1.29 is 0 Å². The van der Waals surface area contributed by atoms with Gasteiger partial charge in [0.15, 0.2) is 5.82 Å². The topological polar surface area (TPSA) is 37.8 Å². The van der Waals surface area contributed by atoms with Crippen LogP contribution >= 0.6 is 15.9 Å². The molecule has 0 saturated heterocycles. The smallest absolute Gasteiger partial charge is 0.162 e. The molecule has 3 rings (SSSR count). The maximum atomic E-state index is 4.80. The number of nitrogens with zero attached hydrogens (tertiary/aromatic N) is 2. The summed E-state index contributed by atoms with van der Waals surface area (Å²) in [5, 5.41) is 3.40. The molecule has 0 spiro atoms. The van der Waals surface area contributed by atoms with Crippen LogP contribution in [0, 0.1) is 6.92 Å². The summed E-state index contributed by atoms with van der Waals surface area (Å²) in [5.41, 5.74) is 3.49. The van der Waals surface area contributed by atoms with E-state index in [1.54, 1.807) is 0 Å². The van der Waals surface area contributed by atoms with E-state index in [1.807, 2.05) is 0 Å². The summed E-state index contributed by atoms with van der Waals surface area (Å²) in [7, 11) is 0. The number of anilines is 1. The maximum absolute atomic E-state index is 4.80. The van der Waals surface area contributed by atoms with Crippen LogP contribution in [0.15, 0.2) is 28.7 Å². The molecule has 110 valence electrons. The van der Waals surface area contributed by atoms with Gasteiger partial charge >= 0.3 is 0 Å². The summed E-state index contributed by atoms with van der Waals surface area (Å²) < 4.78 is 1.09. The molecule has 1 aliphatic rings. The van der Waals surface area contributed by atoms with E-state index in [0.29, 0.717) is 5.92 Å². The van der Waals surface area contributed by atoms with Crippen LogP contribution in [-0.2, 0) is 0 Å². The molecule has 1 aromatic carbocycles. The third kappa shape index (κ3) is 3.43. The van der Waals surface area contributed by atoms with Gasteiger partial charge in [0.05, 0.1) is 0 Å². The molecule has 0 unspecified atom stereocenters. The Balaban J connectivity index is 2.01. The first kappa shape index (κ1) is 14.5. The van der Waals surface area contributed by atoms with Gasteiger partial charge in [0.1, 0.15) is 5.82 Å².